The van der Waals surface area contributed by atoms with Crippen LogP contribution in [0.1, 0.15) is 43.5 Å². The number of ether oxygens (including phenoxy) is 1. The molecule has 0 radical (unpaired) electrons. The van der Waals surface area contributed by atoms with Gasteiger partial charge in [0.25, 0.3) is 0 Å². The van der Waals surface area contributed by atoms with Gasteiger partial charge < -0.3 is 10.5 Å². The molecule has 2 N–H and O–H groups in total. The van der Waals surface area contributed by atoms with E-state index in [0.29, 0.717) is 12.2 Å². The Bertz CT molecular complexity index is 363. The van der Waals surface area contributed by atoms with Crippen molar-refractivity contribution >= 4 is 5.78 Å². The smallest absolute Gasteiger partial charge is 0.179 e. The highest BCUT2D eigenvalue weighted by molar-refractivity contribution is 6.00. The molecule has 1 unspecified atom stereocenters. The van der Waals surface area contributed by atoms with E-state index in [1.54, 1.807) is 12.1 Å². The van der Waals surface area contributed by atoms with Gasteiger partial charge >= 0.3 is 0 Å². The lowest BCUT2D eigenvalue weighted by molar-refractivity contribution is 0.0955. The van der Waals surface area contributed by atoms with Crippen molar-refractivity contribution in [3.8, 4) is 5.75 Å². The molecule has 0 aromatic heterocycles. The van der Waals surface area contributed by atoms with E-state index in [2.05, 4.69) is 6.92 Å². The van der Waals surface area contributed by atoms with E-state index in [4.69, 9.17) is 10.5 Å². The molecule has 1 aromatic carbocycles. The molecule has 3 heteroatoms. The first-order valence-corrected chi connectivity index (χ1v) is 6.21. The predicted octanol–water partition coefficient (Wildman–Crippen LogP) is 2.79. The Morgan fingerprint density at radius 1 is 1.41 bits per heavy atom. The standard InChI is InChI=1S/C14H21NO2/c1-3-5-9-13(15)14(16)11-7-6-8-12(10-11)17-4-2/h6-8,10,13H,3-5,9,15H2,1-2H3. The van der Waals surface area contributed by atoms with Gasteiger partial charge in [-0.1, -0.05) is 31.9 Å². The molecule has 0 bridgehead atoms. The number of hydrogen-bond donors (Lipinski definition) is 1. The molecule has 0 aliphatic heterocycles. The molecule has 1 aromatic rings. The second-order valence-corrected chi connectivity index (χ2v) is 4.07. The highest BCUT2D eigenvalue weighted by Crippen LogP contribution is 2.15. The molecule has 0 heterocycles. The van der Waals surface area contributed by atoms with Crippen molar-refractivity contribution in [2.75, 3.05) is 6.61 Å². The van der Waals surface area contributed by atoms with Crippen molar-refractivity contribution in [2.45, 2.75) is 39.2 Å². The zero-order chi connectivity index (χ0) is 12.7. The van der Waals surface area contributed by atoms with E-state index in [9.17, 15) is 4.79 Å². The van der Waals surface area contributed by atoms with Crippen LogP contribution in [0.2, 0.25) is 0 Å². The van der Waals surface area contributed by atoms with Crippen molar-refractivity contribution in [1.82, 2.24) is 0 Å². The fraction of sp³-hybridized carbons (Fsp3) is 0.500. The van der Waals surface area contributed by atoms with E-state index in [1.807, 2.05) is 19.1 Å². The highest BCUT2D eigenvalue weighted by Gasteiger charge is 2.15. The number of rotatable bonds is 7. The summed E-state index contributed by atoms with van der Waals surface area (Å²) in [5.74, 6) is 0.723. The van der Waals surface area contributed by atoms with Gasteiger partial charge in [0, 0.05) is 5.56 Å². The van der Waals surface area contributed by atoms with E-state index in [-0.39, 0.29) is 5.78 Å². The molecule has 0 saturated heterocycles. The summed E-state index contributed by atoms with van der Waals surface area (Å²) in [4.78, 5) is 12.0. The molecule has 94 valence electrons. The fourth-order valence-corrected chi connectivity index (χ4v) is 1.68. The van der Waals surface area contributed by atoms with Crippen LogP contribution in [-0.4, -0.2) is 18.4 Å². The summed E-state index contributed by atoms with van der Waals surface area (Å²) in [5, 5.41) is 0. The van der Waals surface area contributed by atoms with Gasteiger partial charge in [0.15, 0.2) is 5.78 Å². The van der Waals surface area contributed by atoms with Gasteiger partial charge in [-0.25, -0.2) is 0 Å². The second kappa shape index (κ2) is 7.07. The summed E-state index contributed by atoms with van der Waals surface area (Å²) in [6, 6.07) is 6.82. The van der Waals surface area contributed by atoms with E-state index in [1.165, 1.54) is 0 Å². The number of carbonyl (C=O) groups is 1. The highest BCUT2D eigenvalue weighted by atomic mass is 16.5. The maximum absolute atomic E-state index is 12.0. The third-order valence-corrected chi connectivity index (χ3v) is 2.64. The monoisotopic (exact) mass is 235 g/mol. The minimum atomic E-state index is -0.396. The lowest BCUT2D eigenvalue weighted by Gasteiger charge is -2.11. The molecule has 0 spiro atoms. The van der Waals surface area contributed by atoms with Crippen LogP contribution < -0.4 is 10.5 Å². The van der Waals surface area contributed by atoms with Crippen molar-refractivity contribution < 1.29 is 9.53 Å². The Kier molecular flexibility index (Phi) is 5.70. The van der Waals surface area contributed by atoms with Gasteiger partial charge in [-0.05, 0) is 25.5 Å². The summed E-state index contributed by atoms with van der Waals surface area (Å²) in [7, 11) is 0. The Morgan fingerprint density at radius 2 is 2.18 bits per heavy atom. The lowest BCUT2D eigenvalue weighted by Crippen LogP contribution is -2.30. The molecule has 0 amide bonds. The number of nitrogens with two attached hydrogens (primary N) is 1. The van der Waals surface area contributed by atoms with E-state index < -0.39 is 6.04 Å². The first kappa shape index (κ1) is 13.7. The van der Waals surface area contributed by atoms with Crippen LogP contribution in [0, 0.1) is 0 Å². The average molecular weight is 235 g/mol. The number of unbranched alkanes of at least 4 members (excludes halogenated alkanes) is 1. The summed E-state index contributed by atoms with van der Waals surface area (Å²) < 4.78 is 5.36. The summed E-state index contributed by atoms with van der Waals surface area (Å²) in [6.07, 6.45) is 2.78. The van der Waals surface area contributed by atoms with E-state index >= 15 is 0 Å². The topological polar surface area (TPSA) is 52.3 Å². The number of Topliss-reactive ketones (excluding diaryl/α,β-unsaturated/α-hetero) is 1. The Labute approximate surface area is 103 Å². The first-order valence-electron chi connectivity index (χ1n) is 6.21. The van der Waals surface area contributed by atoms with Gasteiger partial charge in [0.2, 0.25) is 0 Å². The maximum atomic E-state index is 12.0. The Balaban J connectivity index is 2.70. The van der Waals surface area contributed by atoms with Crippen LogP contribution >= 0.6 is 0 Å². The molecular formula is C14H21NO2. The zero-order valence-corrected chi connectivity index (χ0v) is 10.6. The normalized spacial score (nSPS) is 12.2. The third kappa shape index (κ3) is 4.19. The molecule has 0 aliphatic rings. The minimum absolute atomic E-state index is 0.00000283. The van der Waals surface area contributed by atoms with Crippen LogP contribution in [0.15, 0.2) is 24.3 Å². The van der Waals surface area contributed by atoms with Crippen LogP contribution in [0.5, 0.6) is 5.75 Å². The summed E-state index contributed by atoms with van der Waals surface area (Å²) in [6.45, 7) is 4.61. The molecule has 0 fully saturated rings. The van der Waals surface area contributed by atoms with Gasteiger partial charge in [0.1, 0.15) is 5.75 Å². The van der Waals surface area contributed by atoms with Gasteiger partial charge in [-0.2, -0.15) is 0 Å². The largest absolute Gasteiger partial charge is 0.494 e. The molecule has 3 nitrogen and oxygen atoms in total. The van der Waals surface area contributed by atoms with Crippen molar-refractivity contribution in [2.24, 2.45) is 5.73 Å². The Morgan fingerprint density at radius 3 is 2.82 bits per heavy atom. The summed E-state index contributed by atoms with van der Waals surface area (Å²) >= 11 is 0. The van der Waals surface area contributed by atoms with Gasteiger partial charge in [-0.3, -0.25) is 4.79 Å². The lowest BCUT2D eigenvalue weighted by atomic mass is 10.0. The quantitative estimate of drug-likeness (QED) is 0.739. The number of ketones is 1. The molecule has 0 saturated carbocycles. The minimum Gasteiger partial charge on any atom is -0.494 e. The van der Waals surface area contributed by atoms with Gasteiger partial charge in [-0.15, -0.1) is 0 Å². The van der Waals surface area contributed by atoms with Crippen molar-refractivity contribution in [3.05, 3.63) is 29.8 Å². The fourth-order valence-electron chi connectivity index (χ4n) is 1.68. The number of benzene rings is 1. The number of carbonyl (C=O) groups excluding carboxylic acids is 1. The second-order valence-electron chi connectivity index (χ2n) is 4.07. The van der Waals surface area contributed by atoms with Gasteiger partial charge in [0.05, 0.1) is 12.6 Å². The van der Waals surface area contributed by atoms with Crippen LogP contribution in [-0.2, 0) is 0 Å². The average Bonchev–Trinajstić information content (AvgIpc) is 2.35. The maximum Gasteiger partial charge on any atom is 0.179 e. The number of hydrogen-bond acceptors (Lipinski definition) is 3. The third-order valence-electron chi connectivity index (χ3n) is 2.64. The summed E-state index contributed by atoms with van der Waals surface area (Å²) in [5.41, 5.74) is 6.51. The van der Waals surface area contributed by atoms with Crippen molar-refractivity contribution in [3.63, 3.8) is 0 Å². The van der Waals surface area contributed by atoms with Crippen LogP contribution in [0.25, 0.3) is 0 Å². The molecular weight excluding hydrogens is 214 g/mol. The molecule has 1 atom stereocenters. The molecule has 1 rings (SSSR count). The van der Waals surface area contributed by atoms with Crippen LogP contribution in [0.3, 0.4) is 0 Å². The predicted molar refractivity (Wildman–Crippen MR) is 69.4 cm³/mol. The molecule has 17 heavy (non-hydrogen) atoms. The zero-order valence-electron chi connectivity index (χ0n) is 10.6. The van der Waals surface area contributed by atoms with Crippen LogP contribution in [0.4, 0.5) is 0 Å². The molecule has 0 aliphatic carbocycles. The Hall–Kier alpha value is -1.35. The van der Waals surface area contributed by atoms with Crippen molar-refractivity contribution in [1.29, 1.82) is 0 Å². The van der Waals surface area contributed by atoms with E-state index in [0.717, 1.165) is 25.0 Å². The first-order chi connectivity index (χ1) is 8.19. The SMILES string of the molecule is CCCCC(N)C(=O)c1cccc(OCC)c1.